The highest BCUT2D eigenvalue weighted by Gasteiger charge is 2.25. The van der Waals surface area contributed by atoms with E-state index in [4.69, 9.17) is 21.4 Å². The third-order valence-electron chi connectivity index (χ3n) is 3.64. The number of amides is 2. The number of benzene rings is 1. The van der Waals surface area contributed by atoms with Gasteiger partial charge < -0.3 is 20.5 Å². The van der Waals surface area contributed by atoms with Crippen LogP contribution in [0.15, 0.2) is 18.2 Å². The first-order valence-corrected chi connectivity index (χ1v) is 7.62. The number of nitrogens with one attached hydrogen (secondary N) is 2. The van der Waals surface area contributed by atoms with Gasteiger partial charge in [0.15, 0.2) is 0 Å². The number of fused-ring (bicyclic) bond motifs is 1. The Labute approximate surface area is 129 Å². The number of carbonyl (C=O) groups excluding carboxylic acids is 1. The predicted octanol–water partition coefficient (Wildman–Crippen LogP) is 2.62. The first-order chi connectivity index (χ1) is 10.2. The van der Waals surface area contributed by atoms with E-state index in [0.29, 0.717) is 30.2 Å². The lowest BCUT2D eigenvalue weighted by Gasteiger charge is -2.28. The van der Waals surface area contributed by atoms with Crippen LogP contribution in [-0.2, 0) is 0 Å². The molecule has 1 aromatic carbocycles. The number of hydrogen-bond acceptors (Lipinski definition) is 3. The summed E-state index contributed by atoms with van der Waals surface area (Å²) >= 11 is 6.11. The van der Waals surface area contributed by atoms with Crippen molar-refractivity contribution < 1.29 is 14.6 Å². The Hall–Kier alpha value is -1.46. The number of aliphatic hydroxyl groups excluding tert-OH is 1. The summed E-state index contributed by atoms with van der Waals surface area (Å²) in [6.07, 6.45) is 2.04. The second-order valence-corrected chi connectivity index (χ2v) is 5.49. The second-order valence-electron chi connectivity index (χ2n) is 5.08. The zero-order valence-electron chi connectivity index (χ0n) is 12.1. The molecule has 116 valence electrons. The molecule has 1 aliphatic heterocycles. The highest BCUT2D eigenvalue weighted by Crippen LogP contribution is 2.37. The van der Waals surface area contributed by atoms with Gasteiger partial charge in [0.25, 0.3) is 0 Å². The van der Waals surface area contributed by atoms with Crippen molar-refractivity contribution in [2.24, 2.45) is 0 Å². The van der Waals surface area contributed by atoms with Crippen LogP contribution in [0.2, 0.25) is 5.02 Å². The molecule has 6 heteroatoms. The first-order valence-electron chi connectivity index (χ1n) is 7.24. The van der Waals surface area contributed by atoms with E-state index in [-0.39, 0.29) is 24.7 Å². The van der Waals surface area contributed by atoms with Gasteiger partial charge in [-0.2, -0.15) is 0 Å². The molecule has 0 bridgehead atoms. The van der Waals surface area contributed by atoms with Gasteiger partial charge in [-0.15, -0.1) is 0 Å². The van der Waals surface area contributed by atoms with Crippen LogP contribution in [0.3, 0.4) is 0 Å². The minimum Gasteiger partial charge on any atom is -0.492 e. The molecule has 1 aliphatic rings. The monoisotopic (exact) mass is 312 g/mol. The number of halogens is 1. The van der Waals surface area contributed by atoms with E-state index in [9.17, 15) is 4.79 Å². The van der Waals surface area contributed by atoms with E-state index < -0.39 is 0 Å². The van der Waals surface area contributed by atoms with Crippen molar-refractivity contribution in [3.63, 3.8) is 0 Å². The molecule has 5 nitrogen and oxygen atoms in total. The fourth-order valence-corrected chi connectivity index (χ4v) is 2.69. The summed E-state index contributed by atoms with van der Waals surface area (Å²) in [5.41, 5.74) is 0.902. The molecular formula is C15H21ClN2O3. The summed E-state index contributed by atoms with van der Waals surface area (Å²) in [6, 6.07) is 5.18. The molecule has 21 heavy (non-hydrogen) atoms. The van der Waals surface area contributed by atoms with E-state index in [1.165, 1.54) is 0 Å². The molecule has 2 unspecified atom stereocenters. The Morgan fingerprint density at radius 1 is 1.57 bits per heavy atom. The van der Waals surface area contributed by atoms with Gasteiger partial charge in [-0.3, -0.25) is 0 Å². The van der Waals surface area contributed by atoms with Gasteiger partial charge in [0.2, 0.25) is 0 Å². The zero-order chi connectivity index (χ0) is 15.2. The Kier molecular flexibility index (Phi) is 5.70. The SMILES string of the molecule is CCC(CCO)NC(=O)NC1CCOc2c(Cl)cccc21. The standard InChI is InChI=1S/C15H21ClN2O3/c1-2-10(6-8-19)17-15(20)18-13-7-9-21-14-11(13)4-3-5-12(14)16/h3-5,10,13,19H,2,6-9H2,1H3,(H2,17,18,20). The largest absolute Gasteiger partial charge is 0.492 e. The highest BCUT2D eigenvalue weighted by molar-refractivity contribution is 6.32. The van der Waals surface area contributed by atoms with Crippen LogP contribution >= 0.6 is 11.6 Å². The lowest BCUT2D eigenvalue weighted by molar-refractivity contribution is 0.215. The number of carbonyl (C=O) groups is 1. The molecule has 0 aliphatic carbocycles. The molecule has 0 fully saturated rings. The minimum absolute atomic E-state index is 0.0197. The summed E-state index contributed by atoms with van der Waals surface area (Å²) < 4.78 is 5.57. The number of rotatable bonds is 5. The Morgan fingerprint density at radius 3 is 3.10 bits per heavy atom. The summed E-state index contributed by atoms with van der Waals surface area (Å²) in [4.78, 5) is 12.1. The quantitative estimate of drug-likeness (QED) is 0.782. The molecule has 1 aromatic rings. The fraction of sp³-hybridized carbons (Fsp3) is 0.533. The van der Waals surface area contributed by atoms with Crippen molar-refractivity contribution in [1.82, 2.24) is 10.6 Å². The lowest BCUT2D eigenvalue weighted by atomic mass is 10.0. The average molecular weight is 313 g/mol. The van der Waals surface area contributed by atoms with Crippen molar-refractivity contribution >= 4 is 17.6 Å². The van der Waals surface area contributed by atoms with Crippen molar-refractivity contribution in [3.8, 4) is 5.75 Å². The predicted molar refractivity (Wildman–Crippen MR) is 81.8 cm³/mol. The van der Waals surface area contributed by atoms with Crippen LogP contribution in [0.5, 0.6) is 5.75 Å². The molecule has 0 aromatic heterocycles. The zero-order valence-corrected chi connectivity index (χ0v) is 12.8. The number of ether oxygens (including phenoxy) is 1. The highest BCUT2D eigenvalue weighted by atomic mass is 35.5. The Morgan fingerprint density at radius 2 is 2.38 bits per heavy atom. The Balaban J connectivity index is 2.01. The number of hydrogen-bond donors (Lipinski definition) is 3. The molecule has 0 radical (unpaired) electrons. The summed E-state index contributed by atoms with van der Waals surface area (Å²) in [5, 5.41) is 15.4. The molecule has 1 heterocycles. The van der Waals surface area contributed by atoms with Gasteiger partial charge in [-0.05, 0) is 18.9 Å². The maximum absolute atomic E-state index is 12.1. The molecule has 3 N–H and O–H groups in total. The van der Waals surface area contributed by atoms with Crippen molar-refractivity contribution in [2.45, 2.75) is 38.3 Å². The van der Waals surface area contributed by atoms with Crippen LogP contribution in [0.4, 0.5) is 4.79 Å². The van der Waals surface area contributed by atoms with Crippen molar-refractivity contribution in [3.05, 3.63) is 28.8 Å². The molecular weight excluding hydrogens is 292 g/mol. The summed E-state index contributed by atoms with van der Waals surface area (Å²) in [5.74, 6) is 0.651. The summed E-state index contributed by atoms with van der Waals surface area (Å²) in [6.45, 7) is 2.56. The van der Waals surface area contributed by atoms with Crippen LogP contribution in [-0.4, -0.2) is 30.4 Å². The molecule has 0 spiro atoms. The van der Waals surface area contributed by atoms with E-state index in [0.717, 1.165) is 12.0 Å². The first kappa shape index (κ1) is 15.9. The lowest BCUT2D eigenvalue weighted by Crippen LogP contribution is -2.44. The Bertz CT molecular complexity index is 496. The number of urea groups is 1. The molecule has 2 amide bonds. The van der Waals surface area contributed by atoms with Crippen LogP contribution in [0.25, 0.3) is 0 Å². The fourth-order valence-electron chi connectivity index (χ4n) is 2.46. The van der Waals surface area contributed by atoms with Gasteiger partial charge in [0.05, 0.1) is 17.7 Å². The van der Waals surface area contributed by atoms with Gasteiger partial charge in [0, 0.05) is 24.6 Å². The molecule has 2 rings (SSSR count). The van der Waals surface area contributed by atoms with Crippen LogP contribution < -0.4 is 15.4 Å². The number of para-hydroxylation sites is 1. The van der Waals surface area contributed by atoms with E-state index in [1.807, 2.05) is 19.1 Å². The third kappa shape index (κ3) is 4.02. The topological polar surface area (TPSA) is 70.6 Å². The second kappa shape index (κ2) is 7.52. The van der Waals surface area contributed by atoms with Gasteiger partial charge in [0.1, 0.15) is 5.75 Å². The third-order valence-corrected chi connectivity index (χ3v) is 3.93. The van der Waals surface area contributed by atoms with E-state index in [1.54, 1.807) is 6.07 Å². The van der Waals surface area contributed by atoms with Crippen LogP contribution in [0, 0.1) is 0 Å². The normalized spacial score (nSPS) is 18.3. The average Bonchev–Trinajstić information content (AvgIpc) is 2.48. The maximum atomic E-state index is 12.1. The maximum Gasteiger partial charge on any atom is 0.315 e. The summed E-state index contributed by atoms with van der Waals surface area (Å²) in [7, 11) is 0. The van der Waals surface area contributed by atoms with Crippen molar-refractivity contribution in [1.29, 1.82) is 0 Å². The minimum atomic E-state index is -0.229. The van der Waals surface area contributed by atoms with Gasteiger partial charge in [-0.25, -0.2) is 4.79 Å². The smallest absolute Gasteiger partial charge is 0.315 e. The van der Waals surface area contributed by atoms with E-state index >= 15 is 0 Å². The molecule has 2 atom stereocenters. The van der Waals surface area contributed by atoms with Crippen LogP contribution in [0.1, 0.15) is 37.8 Å². The molecule has 0 saturated heterocycles. The molecule has 0 saturated carbocycles. The van der Waals surface area contributed by atoms with Gasteiger partial charge in [-0.1, -0.05) is 30.7 Å². The van der Waals surface area contributed by atoms with Crippen molar-refractivity contribution in [2.75, 3.05) is 13.2 Å². The van der Waals surface area contributed by atoms with Gasteiger partial charge >= 0.3 is 6.03 Å². The number of aliphatic hydroxyl groups is 1. The van der Waals surface area contributed by atoms with E-state index in [2.05, 4.69) is 10.6 Å².